The van der Waals surface area contributed by atoms with E-state index in [1.165, 1.54) is 4.90 Å². The molecule has 0 radical (unpaired) electrons. The number of aromatic nitrogens is 2. The van der Waals surface area contributed by atoms with Crippen LogP contribution in [0.5, 0.6) is 0 Å². The number of likely N-dealkylation sites (tertiary alicyclic amines) is 1. The van der Waals surface area contributed by atoms with Crippen LogP contribution >= 0.6 is 0 Å². The number of benzene rings is 1. The van der Waals surface area contributed by atoms with E-state index in [0.29, 0.717) is 36.1 Å². The summed E-state index contributed by atoms with van der Waals surface area (Å²) in [4.78, 5) is 20.0. The Hall–Kier alpha value is -2.50. The van der Waals surface area contributed by atoms with Crippen LogP contribution in [0.2, 0.25) is 0 Å². The highest BCUT2D eigenvalue weighted by molar-refractivity contribution is 7.88. The molecule has 0 saturated carbocycles. The van der Waals surface area contributed by atoms with E-state index >= 15 is 0 Å². The van der Waals surface area contributed by atoms with Crippen molar-refractivity contribution in [3.8, 4) is 11.5 Å². The molecule has 2 heterocycles. The zero-order chi connectivity index (χ0) is 22.4. The molecule has 1 aromatic heterocycles. The molecule has 0 unspecified atom stereocenters. The van der Waals surface area contributed by atoms with E-state index in [1.54, 1.807) is 25.1 Å². The number of hydrogen-bond donors (Lipinski definition) is 2. The van der Waals surface area contributed by atoms with Gasteiger partial charge in [0, 0.05) is 13.1 Å². The Morgan fingerprint density at radius 3 is 2.65 bits per heavy atom. The van der Waals surface area contributed by atoms with Crippen LogP contribution in [0.4, 0.5) is 10.5 Å². The summed E-state index contributed by atoms with van der Waals surface area (Å²) in [5, 5.41) is 13.7. The summed E-state index contributed by atoms with van der Waals surface area (Å²) in [6.45, 7) is 5.08. The van der Waals surface area contributed by atoms with Crippen molar-refractivity contribution in [3.63, 3.8) is 0 Å². The minimum absolute atomic E-state index is 0.235. The topological polar surface area (TPSA) is 129 Å². The second-order valence-corrected chi connectivity index (χ2v) is 9.70. The predicted molar refractivity (Wildman–Crippen MR) is 116 cm³/mol. The van der Waals surface area contributed by atoms with Crippen LogP contribution in [-0.2, 0) is 10.0 Å². The molecule has 11 heteroatoms. The van der Waals surface area contributed by atoms with Crippen LogP contribution in [0.3, 0.4) is 0 Å². The van der Waals surface area contributed by atoms with Crippen LogP contribution in [0, 0.1) is 12.8 Å². The van der Waals surface area contributed by atoms with E-state index in [-0.39, 0.29) is 5.92 Å². The number of sulfonamides is 1. The van der Waals surface area contributed by atoms with Gasteiger partial charge in [-0.3, -0.25) is 4.90 Å². The maximum Gasteiger partial charge on any atom is 0.411 e. The number of aryl methyl sites for hydroxylation is 1. The average Bonchev–Trinajstić information content (AvgIpc) is 3.16. The monoisotopic (exact) mass is 451 g/mol. The van der Waals surface area contributed by atoms with E-state index in [0.717, 1.165) is 45.2 Å². The van der Waals surface area contributed by atoms with Gasteiger partial charge in [-0.1, -0.05) is 17.3 Å². The van der Waals surface area contributed by atoms with E-state index in [2.05, 4.69) is 19.8 Å². The van der Waals surface area contributed by atoms with Gasteiger partial charge in [0.15, 0.2) is 5.82 Å². The van der Waals surface area contributed by atoms with Gasteiger partial charge in [0.2, 0.25) is 10.0 Å². The third-order valence-corrected chi connectivity index (χ3v) is 6.08. The first kappa shape index (κ1) is 23.2. The summed E-state index contributed by atoms with van der Waals surface area (Å²) in [6, 6.07) is 7.15. The van der Waals surface area contributed by atoms with Gasteiger partial charge in [-0.2, -0.15) is 4.98 Å². The van der Waals surface area contributed by atoms with Gasteiger partial charge in [0.05, 0.1) is 17.5 Å². The minimum atomic E-state index is -3.15. The van der Waals surface area contributed by atoms with Crippen molar-refractivity contribution in [2.75, 3.05) is 43.9 Å². The highest BCUT2D eigenvalue weighted by Gasteiger charge is 2.27. The lowest BCUT2D eigenvalue weighted by molar-refractivity contribution is 0.177. The second kappa shape index (κ2) is 10.2. The van der Waals surface area contributed by atoms with Crippen molar-refractivity contribution in [1.82, 2.24) is 19.8 Å². The first-order valence-electron chi connectivity index (χ1n) is 10.3. The molecule has 3 rings (SSSR count). The molecule has 31 heavy (non-hydrogen) atoms. The van der Waals surface area contributed by atoms with Crippen LogP contribution in [0.1, 0.15) is 25.1 Å². The molecule has 170 valence electrons. The minimum Gasteiger partial charge on any atom is -0.465 e. The number of anilines is 1. The molecule has 1 amide bonds. The average molecular weight is 452 g/mol. The van der Waals surface area contributed by atoms with Crippen molar-refractivity contribution >= 4 is 21.8 Å². The van der Waals surface area contributed by atoms with E-state index in [1.807, 2.05) is 6.07 Å². The smallest absolute Gasteiger partial charge is 0.411 e. The lowest BCUT2D eigenvalue weighted by atomic mass is 9.95. The van der Waals surface area contributed by atoms with Crippen molar-refractivity contribution < 1.29 is 22.8 Å². The van der Waals surface area contributed by atoms with E-state index < -0.39 is 16.1 Å². The Morgan fingerprint density at radius 1 is 1.32 bits per heavy atom. The Morgan fingerprint density at radius 2 is 2.03 bits per heavy atom. The molecule has 0 spiro atoms. The number of nitrogens with zero attached hydrogens (tertiary/aromatic N) is 4. The van der Waals surface area contributed by atoms with Crippen molar-refractivity contribution in [1.29, 1.82) is 0 Å². The fourth-order valence-electron chi connectivity index (χ4n) is 3.79. The van der Waals surface area contributed by atoms with Crippen LogP contribution in [0.15, 0.2) is 28.8 Å². The van der Waals surface area contributed by atoms with Gasteiger partial charge in [-0.25, -0.2) is 17.9 Å². The molecule has 0 bridgehead atoms. The number of carbonyl (C=O) groups is 1. The summed E-state index contributed by atoms with van der Waals surface area (Å²) in [5.74, 6) is 1.03. The van der Waals surface area contributed by atoms with Crippen LogP contribution in [-0.4, -0.2) is 73.6 Å². The maximum atomic E-state index is 12.1. The fraction of sp³-hybridized carbons (Fsp3) is 0.550. The molecule has 1 fully saturated rings. The lowest BCUT2D eigenvalue weighted by Gasteiger charge is -2.34. The highest BCUT2D eigenvalue weighted by atomic mass is 32.2. The molecule has 2 aromatic rings. The molecule has 2 N–H and O–H groups in total. The first-order chi connectivity index (χ1) is 14.7. The van der Waals surface area contributed by atoms with Crippen molar-refractivity contribution in [2.24, 2.45) is 5.92 Å². The summed E-state index contributed by atoms with van der Waals surface area (Å²) >= 11 is 0. The standard InChI is InChI=1S/C20H29N5O5S/c1-15-22-19(30-23-15)17-6-3-4-7-18(17)25(20(26)27)14-16-8-12-24(13-9-16)11-5-10-21-31(2,28)29/h3-4,6-7,16,21H,5,8-14H2,1-2H3,(H,26,27). The predicted octanol–water partition coefficient (Wildman–Crippen LogP) is 2.18. The third kappa shape index (κ3) is 6.74. The summed E-state index contributed by atoms with van der Waals surface area (Å²) in [7, 11) is -3.15. The van der Waals surface area contributed by atoms with Gasteiger partial charge >= 0.3 is 6.09 Å². The number of amides is 1. The third-order valence-electron chi connectivity index (χ3n) is 5.35. The molecule has 1 aliphatic heterocycles. The van der Waals surface area contributed by atoms with Crippen LogP contribution < -0.4 is 9.62 Å². The number of nitrogens with one attached hydrogen (secondary N) is 1. The van der Waals surface area contributed by atoms with E-state index in [4.69, 9.17) is 4.52 Å². The number of hydrogen-bond acceptors (Lipinski definition) is 7. The number of para-hydroxylation sites is 1. The van der Waals surface area contributed by atoms with Crippen molar-refractivity contribution in [2.45, 2.75) is 26.2 Å². The number of piperidine rings is 1. The molecule has 0 aliphatic carbocycles. The van der Waals surface area contributed by atoms with Gasteiger partial charge < -0.3 is 14.5 Å². The van der Waals surface area contributed by atoms with E-state index in [9.17, 15) is 18.3 Å². The summed E-state index contributed by atoms with van der Waals surface area (Å²) < 4.78 is 30.0. The number of carboxylic acid groups (broad SMARTS) is 1. The molecular formula is C20H29N5O5S. The Bertz CT molecular complexity index is 985. The van der Waals surface area contributed by atoms with Gasteiger partial charge in [-0.15, -0.1) is 0 Å². The molecule has 1 saturated heterocycles. The van der Waals surface area contributed by atoms with Gasteiger partial charge in [0.25, 0.3) is 5.89 Å². The maximum absolute atomic E-state index is 12.1. The molecule has 10 nitrogen and oxygen atoms in total. The summed E-state index contributed by atoms with van der Waals surface area (Å²) in [6.07, 6.45) is 2.65. The highest BCUT2D eigenvalue weighted by Crippen LogP contribution is 2.31. The molecular weight excluding hydrogens is 422 g/mol. The second-order valence-electron chi connectivity index (χ2n) is 7.86. The quantitative estimate of drug-likeness (QED) is 0.555. The molecule has 0 atom stereocenters. The normalized spacial score (nSPS) is 15.8. The largest absolute Gasteiger partial charge is 0.465 e. The lowest BCUT2D eigenvalue weighted by Crippen LogP contribution is -2.41. The Balaban J connectivity index is 1.59. The Kier molecular flexibility index (Phi) is 7.63. The SMILES string of the molecule is Cc1noc(-c2ccccc2N(CC2CCN(CCCNS(C)(=O)=O)CC2)C(=O)O)n1. The van der Waals surface area contributed by atoms with Gasteiger partial charge in [0.1, 0.15) is 0 Å². The van der Waals surface area contributed by atoms with Crippen LogP contribution in [0.25, 0.3) is 11.5 Å². The Labute approximate surface area is 182 Å². The van der Waals surface area contributed by atoms with Crippen molar-refractivity contribution in [3.05, 3.63) is 30.1 Å². The zero-order valence-electron chi connectivity index (χ0n) is 17.8. The molecule has 1 aliphatic rings. The fourth-order valence-corrected chi connectivity index (χ4v) is 4.30. The zero-order valence-corrected chi connectivity index (χ0v) is 18.6. The first-order valence-corrected chi connectivity index (χ1v) is 12.2. The number of rotatable bonds is 9. The summed E-state index contributed by atoms with van der Waals surface area (Å²) in [5.41, 5.74) is 1.13. The van der Waals surface area contributed by atoms with Gasteiger partial charge in [-0.05, 0) is 63.9 Å². The molecule has 1 aromatic carbocycles.